The maximum atomic E-state index is 11.5. The fourth-order valence-electron chi connectivity index (χ4n) is 3.07. The van der Waals surface area contributed by atoms with Gasteiger partial charge in [-0.2, -0.15) is 0 Å². The average Bonchev–Trinajstić information content (AvgIpc) is 2.95. The maximum Gasteiger partial charge on any atom is 0.335 e. The normalized spacial score (nSPS) is 27.9. The number of carbonyl (C=O) groups is 2. The van der Waals surface area contributed by atoms with Crippen molar-refractivity contribution < 1.29 is 24.5 Å². The number of rotatable bonds is 3. The lowest BCUT2D eigenvalue weighted by Crippen LogP contribution is -2.31. The standard InChI is InChI=1S/C14H11ClO5/c15-8-3-1-7(2-4-8)14-6-5-9(20-14)10(12(16)17)11(14)13(18)19/h1-4,9H,5-6H2,(H,16,17)(H,18,19). The average molecular weight is 295 g/mol. The Hall–Kier alpha value is -1.85. The monoisotopic (exact) mass is 294 g/mol. The van der Waals surface area contributed by atoms with Gasteiger partial charge in [0.1, 0.15) is 5.60 Å². The molecule has 2 heterocycles. The third-order valence-electron chi connectivity index (χ3n) is 3.85. The van der Waals surface area contributed by atoms with Gasteiger partial charge >= 0.3 is 11.9 Å². The Labute approximate surface area is 119 Å². The van der Waals surface area contributed by atoms with E-state index in [0.717, 1.165) is 0 Å². The Bertz CT molecular complexity index is 633. The molecule has 2 aliphatic rings. The summed E-state index contributed by atoms with van der Waals surface area (Å²) in [5.74, 6) is -2.48. The van der Waals surface area contributed by atoms with Crippen molar-refractivity contribution in [1.29, 1.82) is 0 Å². The van der Waals surface area contributed by atoms with Crippen LogP contribution >= 0.6 is 11.6 Å². The number of fused-ring (bicyclic) bond motifs is 2. The molecule has 1 aromatic carbocycles. The number of halogens is 1. The molecule has 2 aliphatic heterocycles. The second kappa shape index (κ2) is 4.33. The second-order valence-electron chi connectivity index (χ2n) is 4.88. The lowest BCUT2D eigenvalue weighted by Gasteiger charge is -2.27. The molecular formula is C14H11ClO5. The van der Waals surface area contributed by atoms with Gasteiger partial charge in [-0.3, -0.25) is 0 Å². The number of carboxylic acid groups (broad SMARTS) is 2. The van der Waals surface area contributed by atoms with Gasteiger partial charge < -0.3 is 14.9 Å². The molecular weight excluding hydrogens is 284 g/mol. The highest BCUT2D eigenvalue weighted by Crippen LogP contribution is 2.54. The largest absolute Gasteiger partial charge is 0.478 e. The number of aliphatic carboxylic acids is 2. The number of ether oxygens (including phenoxy) is 1. The highest BCUT2D eigenvalue weighted by molar-refractivity contribution is 6.30. The Balaban J connectivity index is 2.20. The van der Waals surface area contributed by atoms with Gasteiger partial charge in [-0.1, -0.05) is 23.7 Å². The fraction of sp³-hybridized carbons (Fsp3) is 0.286. The zero-order valence-corrected chi connectivity index (χ0v) is 11.1. The summed E-state index contributed by atoms with van der Waals surface area (Å²) < 4.78 is 5.75. The summed E-state index contributed by atoms with van der Waals surface area (Å²) in [5.41, 5.74) is -0.852. The van der Waals surface area contributed by atoms with E-state index in [1.165, 1.54) is 0 Å². The van der Waals surface area contributed by atoms with Crippen molar-refractivity contribution >= 4 is 23.5 Å². The summed E-state index contributed by atoms with van der Waals surface area (Å²) in [6.07, 6.45) is 0.299. The first-order valence-corrected chi connectivity index (χ1v) is 6.48. The van der Waals surface area contributed by atoms with Gasteiger partial charge in [-0.05, 0) is 30.5 Å². The van der Waals surface area contributed by atoms with Gasteiger partial charge in [0.25, 0.3) is 0 Å². The Morgan fingerprint density at radius 1 is 1.20 bits per heavy atom. The van der Waals surface area contributed by atoms with Gasteiger partial charge in [0, 0.05) is 5.02 Å². The SMILES string of the molecule is O=C(O)C1=C(C(=O)O)C2(c3ccc(Cl)cc3)CCC1O2. The third-order valence-corrected chi connectivity index (χ3v) is 4.10. The number of hydrogen-bond acceptors (Lipinski definition) is 3. The topological polar surface area (TPSA) is 83.8 Å². The number of carboxylic acids is 2. The van der Waals surface area contributed by atoms with Crippen LogP contribution in [0.2, 0.25) is 5.02 Å². The second-order valence-corrected chi connectivity index (χ2v) is 5.31. The Morgan fingerprint density at radius 3 is 2.40 bits per heavy atom. The van der Waals surface area contributed by atoms with Crippen LogP contribution in [0, 0.1) is 0 Å². The summed E-state index contributed by atoms with van der Waals surface area (Å²) >= 11 is 5.83. The van der Waals surface area contributed by atoms with E-state index >= 15 is 0 Å². The Kier molecular flexibility index (Phi) is 2.84. The van der Waals surface area contributed by atoms with E-state index in [1.807, 2.05) is 0 Å². The van der Waals surface area contributed by atoms with Crippen molar-refractivity contribution in [2.75, 3.05) is 0 Å². The highest BCUT2D eigenvalue weighted by Gasteiger charge is 2.57. The fourth-order valence-corrected chi connectivity index (χ4v) is 3.20. The smallest absolute Gasteiger partial charge is 0.335 e. The molecule has 5 nitrogen and oxygen atoms in total. The molecule has 104 valence electrons. The van der Waals surface area contributed by atoms with Crippen LogP contribution in [0.5, 0.6) is 0 Å². The summed E-state index contributed by atoms with van der Waals surface area (Å²) in [4.78, 5) is 22.8. The molecule has 1 saturated heterocycles. The summed E-state index contributed by atoms with van der Waals surface area (Å²) in [5, 5.41) is 19.2. The van der Waals surface area contributed by atoms with Gasteiger partial charge in [-0.25, -0.2) is 9.59 Å². The van der Waals surface area contributed by atoms with Crippen LogP contribution < -0.4 is 0 Å². The summed E-state index contributed by atoms with van der Waals surface area (Å²) in [6, 6.07) is 6.64. The quantitative estimate of drug-likeness (QED) is 0.893. The van der Waals surface area contributed by atoms with E-state index in [4.69, 9.17) is 16.3 Å². The minimum Gasteiger partial charge on any atom is -0.478 e. The first-order chi connectivity index (χ1) is 9.45. The molecule has 0 amide bonds. The zero-order valence-electron chi connectivity index (χ0n) is 10.3. The van der Waals surface area contributed by atoms with E-state index in [-0.39, 0.29) is 11.1 Å². The van der Waals surface area contributed by atoms with Crippen LogP contribution in [0.1, 0.15) is 18.4 Å². The van der Waals surface area contributed by atoms with Gasteiger partial charge in [0.05, 0.1) is 17.3 Å². The van der Waals surface area contributed by atoms with Crippen molar-refractivity contribution in [1.82, 2.24) is 0 Å². The van der Waals surface area contributed by atoms with Crippen LogP contribution in [0.4, 0.5) is 0 Å². The van der Waals surface area contributed by atoms with Gasteiger partial charge in [-0.15, -0.1) is 0 Å². The van der Waals surface area contributed by atoms with Crippen LogP contribution in [-0.4, -0.2) is 28.3 Å². The number of hydrogen-bond donors (Lipinski definition) is 2. The molecule has 0 aromatic heterocycles. The Morgan fingerprint density at radius 2 is 1.85 bits per heavy atom. The molecule has 2 atom stereocenters. The molecule has 0 saturated carbocycles. The van der Waals surface area contributed by atoms with Crippen LogP contribution in [-0.2, 0) is 19.9 Å². The molecule has 2 unspecified atom stereocenters. The van der Waals surface area contributed by atoms with Crippen molar-refractivity contribution in [2.24, 2.45) is 0 Å². The van der Waals surface area contributed by atoms with E-state index in [9.17, 15) is 19.8 Å². The minimum absolute atomic E-state index is 0.140. The molecule has 20 heavy (non-hydrogen) atoms. The van der Waals surface area contributed by atoms with Crippen molar-refractivity contribution in [3.63, 3.8) is 0 Å². The molecule has 3 rings (SSSR count). The first-order valence-electron chi connectivity index (χ1n) is 6.11. The molecule has 2 bridgehead atoms. The van der Waals surface area contributed by atoms with Crippen LogP contribution in [0.3, 0.4) is 0 Å². The molecule has 0 aliphatic carbocycles. The molecule has 2 N–H and O–H groups in total. The summed E-state index contributed by atoms with van der Waals surface area (Å²) in [6.45, 7) is 0. The van der Waals surface area contributed by atoms with Crippen molar-refractivity contribution in [3.8, 4) is 0 Å². The molecule has 1 aromatic rings. The minimum atomic E-state index is -1.25. The van der Waals surface area contributed by atoms with E-state index < -0.39 is 23.6 Å². The third kappa shape index (κ3) is 1.67. The lowest BCUT2D eigenvalue weighted by atomic mass is 9.77. The molecule has 6 heteroatoms. The van der Waals surface area contributed by atoms with Gasteiger partial charge in [0.2, 0.25) is 0 Å². The molecule has 0 radical (unpaired) electrons. The summed E-state index contributed by atoms with van der Waals surface area (Å²) in [7, 11) is 0. The lowest BCUT2D eigenvalue weighted by molar-refractivity contribution is -0.136. The van der Waals surface area contributed by atoms with Crippen molar-refractivity contribution in [3.05, 3.63) is 46.0 Å². The highest BCUT2D eigenvalue weighted by atomic mass is 35.5. The van der Waals surface area contributed by atoms with E-state index in [2.05, 4.69) is 0 Å². The van der Waals surface area contributed by atoms with Gasteiger partial charge in [0.15, 0.2) is 0 Å². The predicted octanol–water partition coefficient (Wildman–Crippen LogP) is 2.19. The van der Waals surface area contributed by atoms with Crippen molar-refractivity contribution in [2.45, 2.75) is 24.5 Å². The molecule has 1 fully saturated rings. The number of benzene rings is 1. The maximum absolute atomic E-state index is 11.5. The molecule has 0 spiro atoms. The zero-order chi connectivity index (χ0) is 14.5. The predicted molar refractivity (Wildman–Crippen MR) is 69.5 cm³/mol. The van der Waals surface area contributed by atoms with E-state index in [1.54, 1.807) is 24.3 Å². The first kappa shape index (κ1) is 13.1. The van der Waals surface area contributed by atoms with Crippen LogP contribution in [0.15, 0.2) is 35.4 Å². The van der Waals surface area contributed by atoms with Crippen LogP contribution in [0.25, 0.3) is 0 Å². The van der Waals surface area contributed by atoms with E-state index in [0.29, 0.717) is 23.4 Å².